The van der Waals surface area contributed by atoms with E-state index in [0.29, 0.717) is 6.07 Å². The van der Waals surface area contributed by atoms with Gasteiger partial charge in [-0.05, 0) is 12.1 Å². The fourth-order valence-electron chi connectivity index (χ4n) is 2.46. The quantitative estimate of drug-likeness (QED) is 0.545. The summed E-state index contributed by atoms with van der Waals surface area (Å²) in [6.07, 6.45) is -5.08. The Morgan fingerprint density at radius 3 is 2.21 bits per heavy atom. The van der Waals surface area contributed by atoms with Crippen molar-refractivity contribution in [2.75, 3.05) is 13.2 Å². The zero-order valence-corrected chi connectivity index (χ0v) is 11.8. The fraction of sp³-hybridized carbons (Fsp3) is 0.200. The highest BCUT2D eigenvalue weighted by Gasteiger charge is 2.40. The maximum Gasteiger partial charge on any atom is 0.420 e. The standard InChI is InChI=1S/C15H10F4O5/c16-6-3-8(14-10(4-6)23-1-2-24-14)7-5-9(20)12(21)13(22)11(7)15(17,18)19/h3-5,20-22H,1-2H2. The zero-order chi connectivity index (χ0) is 17.6. The molecule has 24 heavy (non-hydrogen) atoms. The Balaban J connectivity index is 2.37. The van der Waals surface area contributed by atoms with Crippen molar-refractivity contribution in [3.8, 4) is 39.9 Å². The van der Waals surface area contributed by atoms with Crippen LogP contribution in [0.25, 0.3) is 11.1 Å². The molecule has 1 aliphatic heterocycles. The molecule has 5 nitrogen and oxygen atoms in total. The average molecular weight is 346 g/mol. The van der Waals surface area contributed by atoms with Crippen molar-refractivity contribution in [2.45, 2.75) is 6.18 Å². The summed E-state index contributed by atoms with van der Waals surface area (Å²) in [6, 6.07) is 2.28. The van der Waals surface area contributed by atoms with Gasteiger partial charge in [0, 0.05) is 17.2 Å². The maximum absolute atomic E-state index is 13.8. The topological polar surface area (TPSA) is 79.2 Å². The largest absolute Gasteiger partial charge is 0.504 e. The monoisotopic (exact) mass is 346 g/mol. The molecule has 2 aromatic carbocycles. The molecule has 3 rings (SSSR count). The zero-order valence-electron chi connectivity index (χ0n) is 11.8. The molecule has 0 saturated heterocycles. The van der Waals surface area contributed by atoms with Gasteiger partial charge in [0.15, 0.2) is 23.0 Å². The van der Waals surface area contributed by atoms with Gasteiger partial charge in [-0.2, -0.15) is 13.2 Å². The molecule has 0 bridgehead atoms. The van der Waals surface area contributed by atoms with Gasteiger partial charge in [-0.3, -0.25) is 0 Å². The summed E-state index contributed by atoms with van der Waals surface area (Å²) in [5.41, 5.74) is -2.75. The summed E-state index contributed by atoms with van der Waals surface area (Å²) < 4.78 is 64.1. The highest BCUT2D eigenvalue weighted by Crippen LogP contribution is 2.52. The van der Waals surface area contributed by atoms with Crippen molar-refractivity contribution in [1.82, 2.24) is 0 Å². The molecular weight excluding hydrogens is 336 g/mol. The minimum atomic E-state index is -5.08. The van der Waals surface area contributed by atoms with Crippen molar-refractivity contribution in [3.05, 3.63) is 29.6 Å². The van der Waals surface area contributed by atoms with E-state index in [2.05, 4.69) is 0 Å². The second kappa shape index (κ2) is 5.36. The molecule has 0 saturated carbocycles. The van der Waals surface area contributed by atoms with Gasteiger partial charge in [-0.25, -0.2) is 4.39 Å². The first-order valence-corrected chi connectivity index (χ1v) is 6.64. The van der Waals surface area contributed by atoms with E-state index in [1.807, 2.05) is 0 Å². The van der Waals surface area contributed by atoms with Crippen LogP contribution in [0.1, 0.15) is 5.56 Å². The van der Waals surface area contributed by atoms with E-state index in [4.69, 9.17) is 9.47 Å². The number of aromatic hydroxyl groups is 3. The van der Waals surface area contributed by atoms with Crippen LogP contribution in [0.2, 0.25) is 0 Å². The van der Waals surface area contributed by atoms with Crippen LogP contribution in [0.3, 0.4) is 0 Å². The lowest BCUT2D eigenvalue weighted by Crippen LogP contribution is -2.17. The number of ether oxygens (including phenoxy) is 2. The number of phenols is 3. The summed E-state index contributed by atoms with van der Waals surface area (Å²) in [4.78, 5) is 0. The number of hydrogen-bond acceptors (Lipinski definition) is 5. The highest BCUT2D eigenvalue weighted by molar-refractivity contribution is 5.81. The van der Waals surface area contributed by atoms with E-state index < -0.39 is 40.4 Å². The molecule has 2 aromatic rings. The van der Waals surface area contributed by atoms with Gasteiger partial charge in [-0.1, -0.05) is 0 Å². The predicted molar refractivity (Wildman–Crippen MR) is 72.8 cm³/mol. The Labute approximate surface area is 132 Å². The van der Waals surface area contributed by atoms with Crippen LogP contribution in [-0.2, 0) is 6.18 Å². The lowest BCUT2D eigenvalue weighted by atomic mass is 9.96. The normalized spacial score (nSPS) is 13.8. The van der Waals surface area contributed by atoms with Gasteiger partial charge in [0.25, 0.3) is 0 Å². The van der Waals surface area contributed by atoms with Gasteiger partial charge >= 0.3 is 6.18 Å². The first-order chi connectivity index (χ1) is 11.2. The minimum absolute atomic E-state index is 0.0308. The molecule has 0 amide bonds. The lowest BCUT2D eigenvalue weighted by molar-refractivity contribution is -0.138. The molecule has 1 aliphatic rings. The summed E-state index contributed by atoms with van der Waals surface area (Å²) in [5.74, 6) is -5.03. The number of phenolic OH excluding ortho intramolecular Hbond substituents is 3. The highest BCUT2D eigenvalue weighted by atomic mass is 19.4. The van der Waals surface area contributed by atoms with Crippen LogP contribution in [0.5, 0.6) is 28.7 Å². The molecule has 0 radical (unpaired) electrons. The van der Waals surface area contributed by atoms with E-state index in [-0.39, 0.29) is 30.3 Å². The number of alkyl halides is 3. The lowest BCUT2D eigenvalue weighted by Gasteiger charge is -2.23. The second-order valence-corrected chi connectivity index (χ2v) is 4.99. The summed E-state index contributed by atoms with van der Waals surface area (Å²) in [7, 11) is 0. The average Bonchev–Trinajstić information content (AvgIpc) is 2.50. The van der Waals surface area contributed by atoms with Crippen LogP contribution < -0.4 is 9.47 Å². The second-order valence-electron chi connectivity index (χ2n) is 4.99. The molecule has 0 aliphatic carbocycles. The van der Waals surface area contributed by atoms with Crippen molar-refractivity contribution in [3.63, 3.8) is 0 Å². The predicted octanol–water partition coefficient (Wildman–Crippen LogP) is 3.40. The Morgan fingerprint density at radius 2 is 1.54 bits per heavy atom. The Bertz CT molecular complexity index is 817. The number of rotatable bonds is 1. The molecule has 0 aromatic heterocycles. The Morgan fingerprint density at radius 1 is 0.875 bits per heavy atom. The van der Waals surface area contributed by atoms with E-state index in [1.165, 1.54) is 0 Å². The van der Waals surface area contributed by atoms with E-state index in [9.17, 15) is 32.9 Å². The van der Waals surface area contributed by atoms with Gasteiger partial charge in [0.1, 0.15) is 24.6 Å². The van der Waals surface area contributed by atoms with E-state index in [0.717, 1.165) is 12.1 Å². The summed E-state index contributed by atoms with van der Waals surface area (Å²) in [5, 5.41) is 28.6. The maximum atomic E-state index is 13.8. The third-order valence-electron chi connectivity index (χ3n) is 3.43. The molecule has 0 unspecified atom stereocenters. The molecule has 9 heteroatoms. The first-order valence-electron chi connectivity index (χ1n) is 6.64. The molecular formula is C15H10F4O5. The van der Waals surface area contributed by atoms with Gasteiger partial charge in [-0.15, -0.1) is 0 Å². The van der Waals surface area contributed by atoms with Crippen LogP contribution in [-0.4, -0.2) is 28.5 Å². The van der Waals surface area contributed by atoms with Crippen molar-refractivity contribution < 1.29 is 42.4 Å². The minimum Gasteiger partial charge on any atom is -0.504 e. The van der Waals surface area contributed by atoms with E-state index in [1.54, 1.807) is 0 Å². The van der Waals surface area contributed by atoms with Gasteiger partial charge in [0.05, 0.1) is 0 Å². The summed E-state index contributed by atoms with van der Waals surface area (Å²) >= 11 is 0. The molecule has 1 heterocycles. The van der Waals surface area contributed by atoms with Crippen molar-refractivity contribution in [2.24, 2.45) is 0 Å². The molecule has 0 fully saturated rings. The smallest absolute Gasteiger partial charge is 0.420 e. The third kappa shape index (κ3) is 2.51. The van der Waals surface area contributed by atoms with Crippen molar-refractivity contribution >= 4 is 0 Å². The van der Waals surface area contributed by atoms with E-state index >= 15 is 0 Å². The number of fused-ring (bicyclic) bond motifs is 1. The SMILES string of the molecule is Oc1cc(-c2cc(F)cc3c2OCCO3)c(C(F)(F)F)c(O)c1O. The molecule has 0 spiro atoms. The van der Waals surface area contributed by atoms with Crippen LogP contribution in [0.4, 0.5) is 17.6 Å². The number of halogens is 4. The Hall–Kier alpha value is -2.84. The van der Waals surface area contributed by atoms with Gasteiger partial charge < -0.3 is 24.8 Å². The summed E-state index contributed by atoms with van der Waals surface area (Å²) in [6.45, 7) is 0.122. The molecule has 3 N–H and O–H groups in total. The fourth-order valence-corrected chi connectivity index (χ4v) is 2.46. The van der Waals surface area contributed by atoms with Crippen LogP contribution in [0.15, 0.2) is 18.2 Å². The number of benzene rings is 2. The van der Waals surface area contributed by atoms with Gasteiger partial charge in [0.2, 0.25) is 5.75 Å². The van der Waals surface area contributed by atoms with Crippen molar-refractivity contribution in [1.29, 1.82) is 0 Å². The Kier molecular flexibility index (Phi) is 3.58. The van der Waals surface area contributed by atoms with Crippen LogP contribution in [0, 0.1) is 5.82 Å². The first kappa shape index (κ1) is 16.0. The third-order valence-corrected chi connectivity index (χ3v) is 3.43. The molecule has 0 atom stereocenters. The molecule has 128 valence electrons. The number of hydrogen-bond donors (Lipinski definition) is 3. The van der Waals surface area contributed by atoms with Crippen LogP contribution >= 0.6 is 0 Å².